The lowest BCUT2D eigenvalue weighted by molar-refractivity contribution is -0.122. The van der Waals surface area contributed by atoms with Crippen molar-refractivity contribution in [2.45, 2.75) is 19.4 Å². The Morgan fingerprint density at radius 3 is 2.31 bits per heavy atom. The van der Waals surface area contributed by atoms with Gasteiger partial charge in [-0.3, -0.25) is 4.79 Å². The van der Waals surface area contributed by atoms with E-state index >= 15 is 0 Å². The number of hydrogen-bond donors (Lipinski definition) is 1. The molecule has 1 atom stereocenters. The Hall–Kier alpha value is -2.24. The lowest BCUT2D eigenvalue weighted by atomic mass is 10.2. The van der Waals surface area contributed by atoms with E-state index in [0.29, 0.717) is 23.1 Å². The lowest BCUT2D eigenvalue weighted by Crippen LogP contribution is -2.30. The van der Waals surface area contributed by atoms with Gasteiger partial charge in [0.05, 0.1) is 6.61 Å². The van der Waals surface area contributed by atoms with Crippen LogP contribution in [-0.2, 0) is 4.79 Å². The van der Waals surface area contributed by atoms with Crippen LogP contribution in [0.5, 0.6) is 11.5 Å². The van der Waals surface area contributed by atoms with Crippen molar-refractivity contribution in [3.63, 3.8) is 0 Å². The van der Waals surface area contributed by atoms with Crippen LogP contribution < -0.4 is 14.8 Å². The molecule has 0 aliphatic rings. The Balaban J connectivity index is 1.79. The fraction of sp³-hybridized carbons (Fsp3) is 0.350. The number of nitrogens with zero attached hydrogens (tertiary/aromatic N) is 1. The molecular weight excluding hydrogens is 352 g/mol. The van der Waals surface area contributed by atoms with Gasteiger partial charge in [0.1, 0.15) is 11.5 Å². The van der Waals surface area contributed by atoms with Gasteiger partial charge < -0.3 is 19.7 Å². The maximum Gasteiger partial charge on any atom is 0.265 e. The van der Waals surface area contributed by atoms with Gasteiger partial charge in [-0.1, -0.05) is 11.6 Å². The van der Waals surface area contributed by atoms with Crippen LogP contribution in [0, 0.1) is 0 Å². The van der Waals surface area contributed by atoms with Crippen LogP contribution in [-0.4, -0.2) is 44.2 Å². The predicted octanol–water partition coefficient (Wildman–Crippen LogP) is 4.08. The zero-order valence-electron chi connectivity index (χ0n) is 15.4. The van der Waals surface area contributed by atoms with Crippen LogP contribution in [0.3, 0.4) is 0 Å². The number of carbonyl (C=O) groups is 1. The van der Waals surface area contributed by atoms with Crippen LogP contribution >= 0.6 is 11.6 Å². The summed E-state index contributed by atoms with van der Waals surface area (Å²) in [6, 6.07) is 14.2. The van der Waals surface area contributed by atoms with Gasteiger partial charge in [-0.15, -0.1) is 0 Å². The molecule has 0 aliphatic carbocycles. The summed E-state index contributed by atoms with van der Waals surface area (Å²) < 4.78 is 11.3. The zero-order chi connectivity index (χ0) is 18.9. The smallest absolute Gasteiger partial charge is 0.265 e. The molecule has 0 spiro atoms. The van der Waals surface area contributed by atoms with Gasteiger partial charge in [-0.2, -0.15) is 0 Å². The van der Waals surface area contributed by atoms with Crippen molar-refractivity contribution < 1.29 is 14.3 Å². The van der Waals surface area contributed by atoms with E-state index in [1.807, 2.05) is 38.4 Å². The molecule has 1 unspecified atom stereocenters. The summed E-state index contributed by atoms with van der Waals surface area (Å²) in [4.78, 5) is 14.4. The van der Waals surface area contributed by atoms with E-state index in [-0.39, 0.29) is 5.91 Å². The highest BCUT2D eigenvalue weighted by Crippen LogP contribution is 2.19. The molecule has 1 amide bonds. The number of anilines is 1. The minimum Gasteiger partial charge on any atom is -0.494 e. The van der Waals surface area contributed by atoms with Crippen LogP contribution in [0.2, 0.25) is 5.02 Å². The molecule has 0 aromatic heterocycles. The third-order valence-corrected chi connectivity index (χ3v) is 3.89. The van der Waals surface area contributed by atoms with E-state index in [1.165, 1.54) is 0 Å². The minimum atomic E-state index is -0.627. The second-order valence-electron chi connectivity index (χ2n) is 6.23. The third-order valence-electron chi connectivity index (χ3n) is 3.64. The Bertz CT molecular complexity index is 687. The molecule has 0 saturated heterocycles. The summed E-state index contributed by atoms with van der Waals surface area (Å²) >= 11 is 5.84. The van der Waals surface area contributed by atoms with Gasteiger partial charge in [-0.25, -0.2) is 0 Å². The molecule has 0 radical (unpaired) electrons. The van der Waals surface area contributed by atoms with Crippen molar-refractivity contribution in [3.05, 3.63) is 53.6 Å². The highest BCUT2D eigenvalue weighted by atomic mass is 35.5. The second kappa shape index (κ2) is 10.0. The van der Waals surface area contributed by atoms with Gasteiger partial charge in [-0.05, 0) is 76.0 Å². The first-order chi connectivity index (χ1) is 12.4. The molecule has 5 nitrogen and oxygen atoms in total. The average molecular weight is 377 g/mol. The van der Waals surface area contributed by atoms with Gasteiger partial charge >= 0.3 is 0 Å². The van der Waals surface area contributed by atoms with Crippen molar-refractivity contribution in [2.75, 3.05) is 32.6 Å². The number of carbonyl (C=O) groups excluding carboxylic acids is 1. The van der Waals surface area contributed by atoms with E-state index in [4.69, 9.17) is 21.1 Å². The molecule has 0 heterocycles. The number of halogens is 1. The summed E-state index contributed by atoms with van der Waals surface area (Å²) in [5.41, 5.74) is 0.696. The van der Waals surface area contributed by atoms with Gasteiger partial charge in [0.25, 0.3) is 5.91 Å². The van der Waals surface area contributed by atoms with E-state index in [9.17, 15) is 4.79 Å². The van der Waals surface area contributed by atoms with Crippen molar-refractivity contribution in [3.8, 4) is 11.5 Å². The summed E-state index contributed by atoms with van der Waals surface area (Å²) in [6.07, 6.45) is 0.337. The number of rotatable bonds is 9. The fourth-order valence-corrected chi connectivity index (χ4v) is 2.35. The minimum absolute atomic E-state index is 0.223. The Morgan fingerprint density at radius 1 is 1.08 bits per heavy atom. The molecule has 6 heteroatoms. The first kappa shape index (κ1) is 20.1. The fourth-order valence-electron chi connectivity index (χ4n) is 2.22. The molecular formula is C20H25ClN2O3. The van der Waals surface area contributed by atoms with Gasteiger partial charge in [0.2, 0.25) is 0 Å². The number of nitrogens with one attached hydrogen (secondary N) is 1. The molecule has 0 aliphatic heterocycles. The highest BCUT2D eigenvalue weighted by Gasteiger charge is 2.15. The summed E-state index contributed by atoms with van der Waals surface area (Å²) in [6.45, 7) is 3.35. The Labute approximate surface area is 159 Å². The third kappa shape index (κ3) is 6.94. The normalized spacial score (nSPS) is 11.9. The lowest BCUT2D eigenvalue weighted by Gasteiger charge is -2.15. The zero-order valence-corrected chi connectivity index (χ0v) is 16.1. The first-order valence-corrected chi connectivity index (χ1v) is 8.92. The predicted molar refractivity (Wildman–Crippen MR) is 105 cm³/mol. The average Bonchev–Trinajstić information content (AvgIpc) is 2.62. The SMILES string of the molecule is CC(Oc1ccc(Cl)cc1)C(=O)Nc1ccc(OCCCN(C)C)cc1. The van der Waals surface area contributed by atoms with Crippen LogP contribution in [0.25, 0.3) is 0 Å². The maximum atomic E-state index is 12.2. The Morgan fingerprint density at radius 2 is 1.69 bits per heavy atom. The van der Waals surface area contributed by atoms with E-state index in [1.54, 1.807) is 31.2 Å². The molecule has 0 saturated carbocycles. The molecule has 2 aromatic carbocycles. The summed E-state index contributed by atoms with van der Waals surface area (Å²) in [5, 5.41) is 3.45. The van der Waals surface area contributed by atoms with E-state index in [0.717, 1.165) is 18.7 Å². The molecule has 26 heavy (non-hydrogen) atoms. The quantitative estimate of drug-likeness (QED) is 0.670. The largest absolute Gasteiger partial charge is 0.494 e. The maximum absolute atomic E-state index is 12.2. The number of hydrogen-bond acceptors (Lipinski definition) is 4. The molecule has 0 fully saturated rings. The van der Waals surface area contributed by atoms with Gasteiger partial charge in [0, 0.05) is 17.3 Å². The van der Waals surface area contributed by atoms with Crippen LogP contribution in [0.1, 0.15) is 13.3 Å². The monoisotopic (exact) mass is 376 g/mol. The standard InChI is InChI=1S/C20H25ClN2O3/c1-15(26-19-9-5-16(21)6-10-19)20(24)22-17-7-11-18(12-8-17)25-14-4-13-23(2)3/h5-12,15H,4,13-14H2,1-3H3,(H,22,24). The Kier molecular flexibility index (Phi) is 7.75. The molecule has 2 rings (SSSR count). The molecule has 1 N–H and O–H groups in total. The van der Waals surface area contributed by atoms with E-state index < -0.39 is 6.10 Å². The van der Waals surface area contributed by atoms with Crippen molar-refractivity contribution in [2.24, 2.45) is 0 Å². The number of ether oxygens (including phenoxy) is 2. The van der Waals surface area contributed by atoms with Crippen LogP contribution in [0.4, 0.5) is 5.69 Å². The number of benzene rings is 2. The summed E-state index contributed by atoms with van der Waals surface area (Å²) in [7, 11) is 4.07. The molecule has 0 bridgehead atoms. The number of amides is 1. The van der Waals surface area contributed by atoms with Crippen molar-refractivity contribution in [1.29, 1.82) is 0 Å². The molecule has 2 aromatic rings. The van der Waals surface area contributed by atoms with Crippen molar-refractivity contribution >= 4 is 23.2 Å². The van der Waals surface area contributed by atoms with Crippen molar-refractivity contribution in [1.82, 2.24) is 4.90 Å². The van der Waals surface area contributed by atoms with E-state index in [2.05, 4.69) is 10.2 Å². The first-order valence-electron chi connectivity index (χ1n) is 8.55. The van der Waals surface area contributed by atoms with Gasteiger partial charge in [0.15, 0.2) is 6.10 Å². The second-order valence-corrected chi connectivity index (χ2v) is 6.67. The highest BCUT2D eigenvalue weighted by molar-refractivity contribution is 6.30. The molecule has 140 valence electrons. The van der Waals surface area contributed by atoms with Crippen LogP contribution in [0.15, 0.2) is 48.5 Å². The summed E-state index contributed by atoms with van der Waals surface area (Å²) in [5.74, 6) is 1.16. The topological polar surface area (TPSA) is 50.8 Å².